The van der Waals surface area contributed by atoms with Crippen molar-refractivity contribution in [2.75, 3.05) is 41.0 Å². The second kappa shape index (κ2) is 13.1. The zero-order valence-electron chi connectivity index (χ0n) is 24.9. The Morgan fingerprint density at radius 1 is 0.738 bits per heavy atom. The molecule has 0 bridgehead atoms. The normalized spacial score (nSPS) is 14.4. The standard InChI is InChI=1S/C16H18N2O2.C15H16N2O3.C2H6/c1-2-10-5-6-11-4-3-7-18(9-12(11)8-10)14-13(17)15(19)16(14)20;1-2-9-4-5-11-10(8-9)17(6-3-7-20-11)13-12(16)14(18)15(13)19;1-2/h5-6,8H,2-4,7,9,17H2,1H3;4-5,8H,2-3,6-7,16H2,1H3;1-2H3. The third-order valence-electron chi connectivity index (χ3n) is 7.85. The Hall–Kier alpha value is -4.40. The first-order valence-corrected chi connectivity index (χ1v) is 14.8. The molecule has 0 fully saturated rings. The van der Waals surface area contributed by atoms with Crippen molar-refractivity contribution in [3.63, 3.8) is 0 Å². The first kappa shape index (κ1) is 30.6. The number of aryl methyl sites for hydroxylation is 3. The van der Waals surface area contributed by atoms with Crippen LogP contribution in [-0.4, -0.2) is 19.7 Å². The monoisotopic (exact) mass is 572 g/mol. The van der Waals surface area contributed by atoms with Crippen LogP contribution in [0.15, 0.2) is 55.6 Å². The van der Waals surface area contributed by atoms with E-state index in [2.05, 4.69) is 32.0 Å². The van der Waals surface area contributed by atoms with Gasteiger partial charge in [-0.05, 0) is 66.5 Å². The average Bonchev–Trinajstić information content (AvgIpc) is 3.37. The lowest BCUT2D eigenvalue weighted by Gasteiger charge is -2.26. The minimum atomic E-state index is -0.585. The zero-order chi connectivity index (χ0) is 30.6. The predicted octanol–water partition coefficient (Wildman–Crippen LogP) is 3.75. The molecule has 0 aliphatic carbocycles. The smallest absolute Gasteiger partial charge is 0.253 e. The molecular weight excluding hydrogens is 532 g/mol. The van der Waals surface area contributed by atoms with Gasteiger partial charge in [0.05, 0.1) is 12.3 Å². The second-order valence-electron chi connectivity index (χ2n) is 10.3. The van der Waals surface area contributed by atoms with Crippen LogP contribution in [0.1, 0.15) is 62.8 Å². The van der Waals surface area contributed by atoms with Crippen molar-refractivity contribution in [1.29, 1.82) is 0 Å². The van der Waals surface area contributed by atoms with Crippen molar-refractivity contribution in [1.82, 2.24) is 0 Å². The molecule has 9 heteroatoms. The Morgan fingerprint density at radius 2 is 1.36 bits per heavy atom. The summed E-state index contributed by atoms with van der Waals surface area (Å²) < 4.78 is 5.69. The van der Waals surface area contributed by atoms with Crippen molar-refractivity contribution in [2.24, 2.45) is 0 Å². The highest BCUT2D eigenvalue weighted by molar-refractivity contribution is 5.81. The SMILES string of the molecule is CC.CCc1ccc2c(c1)CN(c1c(N)c(=O)c1=O)CCC2.CCc1ccc2c(c1)N(c1c(N)c(=O)c1=O)CCCO2. The number of nitrogen functional groups attached to an aromatic ring is 2. The maximum absolute atomic E-state index is 11.8. The summed E-state index contributed by atoms with van der Waals surface area (Å²) >= 11 is 0. The first-order chi connectivity index (χ1) is 20.2. The van der Waals surface area contributed by atoms with Gasteiger partial charge in [0, 0.05) is 19.6 Å². The Bertz CT molecular complexity index is 1710. The Balaban J connectivity index is 0.000000182. The fourth-order valence-electron chi connectivity index (χ4n) is 5.48. The summed E-state index contributed by atoms with van der Waals surface area (Å²) in [6.07, 6.45) is 4.63. The number of hydrogen-bond donors (Lipinski definition) is 2. The summed E-state index contributed by atoms with van der Waals surface area (Å²) in [5.41, 5.74) is 16.1. The topological polar surface area (TPSA) is 136 Å². The van der Waals surface area contributed by atoms with Crippen molar-refractivity contribution in [3.8, 4) is 5.75 Å². The van der Waals surface area contributed by atoms with Gasteiger partial charge in [-0.3, -0.25) is 19.2 Å². The molecule has 2 aliphatic heterocycles. The lowest BCUT2D eigenvalue weighted by Crippen LogP contribution is -2.42. The van der Waals surface area contributed by atoms with E-state index in [0.29, 0.717) is 31.1 Å². The number of nitrogens with two attached hydrogens (primary N) is 2. The van der Waals surface area contributed by atoms with Crippen molar-refractivity contribution in [2.45, 2.75) is 66.3 Å². The molecule has 222 valence electrons. The molecular formula is C33H40N4O5. The van der Waals surface area contributed by atoms with Gasteiger partial charge in [0.1, 0.15) is 28.5 Å². The third kappa shape index (κ3) is 5.68. The van der Waals surface area contributed by atoms with Gasteiger partial charge in [0.2, 0.25) is 0 Å². The molecule has 9 nitrogen and oxygen atoms in total. The molecule has 6 rings (SSSR count). The molecule has 2 heterocycles. The number of nitrogens with zero attached hydrogens (tertiary/aromatic N) is 2. The number of hydrogen-bond acceptors (Lipinski definition) is 9. The number of benzene rings is 2. The van der Waals surface area contributed by atoms with Gasteiger partial charge in [0.15, 0.2) is 0 Å². The second-order valence-corrected chi connectivity index (χ2v) is 10.3. The van der Waals surface area contributed by atoms with Gasteiger partial charge in [-0.2, -0.15) is 0 Å². The Kier molecular flexibility index (Phi) is 9.50. The lowest BCUT2D eigenvalue weighted by atomic mass is 10.00. The fourth-order valence-corrected chi connectivity index (χ4v) is 5.48. The summed E-state index contributed by atoms with van der Waals surface area (Å²) in [7, 11) is 0. The quantitative estimate of drug-likeness (QED) is 0.350. The van der Waals surface area contributed by atoms with E-state index in [9.17, 15) is 19.2 Å². The van der Waals surface area contributed by atoms with E-state index in [-0.39, 0.29) is 11.4 Å². The molecule has 4 N–H and O–H groups in total. The van der Waals surface area contributed by atoms with Crippen LogP contribution in [0.2, 0.25) is 0 Å². The van der Waals surface area contributed by atoms with Gasteiger partial charge in [-0.25, -0.2) is 0 Å². The van der Waals surface area contributed by atoms with Crippen LogP contribution in [-0.2, 0) is 25.8 Å². The van der Waals surface area contributed by atoms with Crippen molar-refractivity contribution < 1.29 is 4.74 Å². The van der Waals surface area contributed by atoms with Crippen molar-refractivity contribution >= 4 is 28.4 Å². The van der Waals surface area contributed by atoms with Crippen LogP contribution in [0, 0.1) is 0 Å². The van der Waals surface area contributed by atoms with Crippen LogP contribution in [0.5, 0.6) is 5.75 Å². The highest BCUT2D eigenvalue weighted by Crippen LogP contribution is 2.37. The minimum Gasteiger partial charge on any atom is -0.491 e. The first-order valence-electron chi connectivity index (χ1n) is 14.8. The molecule has 4 aromatic carbocycles. The predicted molar refractivity (Wildman–Crippen MR) is 171 cm³/mol. The molecule has 0 aromatic heterocycles. The van der Waals surface area contributed by atoms with E-state index >= 15 is 0 Å². The third-order valence-corrected chi connectivity index (χ3v) is 7.85. The molecule has 4 aromatic rings. The van der Waals surface area contributed by atoms with Gasteiger partial charge >= 0.3 is 0 Å². The molecule has 2 aliphatic rings. The van der Waals surface area contributed by atoms with Crippen molar-refractivity contribution in [3.05, 3.63) is 99.5 Å². The van der Waals surface area contributed by atoms with E-state index in [1.807, 2.05) is 41.8 Å². The number of anilines is 5. The summed E-state index contributed by atoms with van der Waals surface area (Å²) in [5, 5.41) is 0. The zero-order valence-corrected chi connectivity index (χ0v) is 24.9. The summed E-state index contributed by atoms with van der Waals surface area (Å²) in [5.74, 6) is 0.729. The Labute approximate surface area is 245 Å². The molecule has 0 spiro atoms. The van der Waals surface area contributed by atoms with Gasteiger partial charge in [0.25, 0.3) is 21.7 Å². The van der Waals surface area contributed by atoms with Crippen LogP contribution >= 0.6 is 0 Å². The Morgan fingerprint density at radius 3 is 2.00 bits per heavy atom. The van der Waals surface area contributed by atoms with E-state index in [1.54, 1.807) is 0 Å². The molecule has 0 atom stereocenters. The number of fused-ring (bicyclic) bond motifs is 2. The number of ether oxygens (including phenoxy) is 1. The fraction of sp³-hybridized carbons (Fsp3) is 0.394. The van der Waals surface area contributed by atoms with Gasteiger partial charge in [-0.1, -0.05) is 52.0 Å². The van der Waals surface area contributed by atoms with Crippen LogP contribution in [0.3, 0.4) is 0 Å². The highest BCUT2D eigenvalue weighted by atomic mass is 16.5. The largest absolute Gasteiger partial charge is 0.491 e. The summed E-state index contributed by atoms with van der Waals surface area (Å²) in [6.45, 7) is 10.8. The van der Waals surface area contributed by atoms with E-state index in [0.717, 1.165) is 55.6 Å². The highest BCUT2D eigenvalue weighted by Gasteiger charge is 2.28. The molecule has 42 heavy (non-hydrogen) atoms. The lowest BCUT2D eigenvalue weighted by molar-refractivity contribution is 0.322. The minimum absolute atomic E-state index is 0.0600. The van der Waals surface area contributed by atoms with Crippen LogP contribution < -0.4 is 47.7 Å². The molecule has 0 radical (unpaired) electrons. The number of rotatable bonds is 4. The molecule has 0 saturated carbocycles. The van der Waals surface area contributed by atoms with Crippen LogP contribution in [0.25, 0.3) is 0 Å². The van der Waals surface area contributed by atoms with Gasteiger partial charge in [-0.15, -0.1) is 0 Å². The maximum Gasteiger partial charge on any atom is 0.253 e. The van der Waals surface area contributed by atoms with Crippen LogP contribution in [0.4, 0.5) is 28.4 Å². The summed E-state index contributed by atoms with van der Waals surface area (Å²) in [4.78, 5) is 49.9. The van der Waals surface area contributed by atoms with Gasteiger partial charge < -0.3 is 26.0 Å². The van der Waals surface area contributed by atoms with E-state index < -0.39 is 21.7 Å². The molecule has 0 amide bonds. The molecule has 0 saturated heterocycles. The van der Waals surface area contributed by atoms with E-state index in [1.165, 1.54) is 16.7 Å². The average molecular weight is 573 g/mol. The summed E-state index contributed by atoms with van der Waals surface area (Å²) in [6, 6.07) is 12.5. The van der Waals surface area contributed by atoms with E-state index in [4.69, 9.17) is 16.2 Å². The molecule has 0 unspecified atom stereocenters. The maximum atomic E-state index is 11.8.